The molecule has 0 radical (unpaired) electrons. The van der Waals surface area contributed by atoms with E-state index in [0.717, 1.165) is 22.8 Å². The maximum atomic E-state index is 12.5. The second-order valence-corrected chi connectivity index (χ2v) is 11.3. The van der Waals surface area contributed by atoms with Gasteiger partial charge in [0, 0.05) is 12.8 Å². The van der Waals surface area contributed by atoms with Gasteiger partial charge in [-0.2, -0.15) is 0 Å². The summed E-state index contributed by atoms with van der Waals surface area (Å²) >= 11 is 0. The number of carbonyl (C=O) groups excluding carboxylic acids is 2. The van der Waals surface area contributed by atoms with Crippen LogP contribution in [0.4, 0.5) is 0 Å². The molecule has 3 rings (SSSR count). The highest BCUT2D eigenvalue weighted by Gasteiger charge is 2.51. The van der Waals surface area contributed by atoms with Gasteiger partial charge in [0.05, 0.1) is 23.9 Å². The maximum absolute atomic E-state index is 12.5. The van der Waals surface area contributed by atoms with Crippen molar-refractivity contribution in [2.24, 2.45) is 0 Å². The van der Waals surface area contributed by atoms with Crippen molar-refractivity contribution >= 4 is 34.3 Å². The molecule has 33 heavy (non-hydrogen) atoms. The largest absolute Gasteiger partial charge is 0.494 e. The van der Waals surface area contributed by atoms with Crippen LogP contribution >= 0.6 is 0 Å². The second-order valence-electron chi connectivity index (χ2n) is 9.51. The lowest BCUT2D eigenvalue weighted by Crippen LogP contribution is -2.41. The summed E-state index contributed by atoms with van der Waals surface area (Å²) in [6.45, 7) is 8.04. The third-order valence-electron chi connectivity index (χ3n) is 5.99. The summed E-state index contributed by atoms with van der Waals surface area (Å²) in [6, 6.07) is 14.7. The lowest BCUT2D eigenvalue weighted by atomic mass is 9.78. The van der Waals surface area contributed by atoms with E-state index in [1.165, 1.54) is 0 Å². The van der Waals surface area contributed by atoms with Crippen LogP contribution in [0.25, 0.3) is 0 Å². The van der Waals surface area contributed by atoms with Crippen LogP contribution in [0.15, 0.2) is 48.5 Å². The minimum Gasteiger partial charge on any atom is -0.399 e. The molecule has 0 atom stereocenters. The zero-order valence-electron chi connectivity index (χ0n) is 19.7. The van der Waals surface area contributed by atoms with Crippen molar-refractivity contribution in [1.29, 1.82) is 0 Å². The van der Waals surface area contributed by atoms with Gasteiger partial charge >= 0.3 is 7.12 Å². The van der Waals surface area contributed by atoms with E-state index >= 15 is 0 Å². The molecule has 9 heteroatoms. The Morgan fingerprint density at radius 2 is 1.18 bits per heavy atom. The Labute approximate surface area is 196 Å². The zero-order valence-corrected chi connectivity index (χ0v) is 20.5. The molecule has 7 nitrogen and oxygen atoms in total. The number of carbonyl (C=O) groups is 2. The second kappa shape index (κ2) is 9.40. The van der Waals surface area contributed by atoms with E-state index < -0.39 is 34.3 Å². The first kappa shape index (κ1) is 25.1. The lowest BCUT2D eigenvalue weighted by molar-refractivity contribution is -0.119. The minimum atomic E-state index is -3.57. The first-order chi connectivity index (χ1) is 15.2. The van der Waals surface area contributed by atoms with Gasteiger partial charge in [-0.25, -0.2) is 8.42 Å². The molecular formula is C24H30BNO6S. The summed E-state index contributed by atoms with van der Waals surface area (Å²) in [4.78, 5) is 24.2. The Morgan fingerprint density at radius 1 is 0.788 bits per heavy atom. The highest BCUT2D eigenvalue weighted by Crippen LogP contribution is 2.36. The zero-order chi connectivity index (χ0) is 24.4. The molecule has 1 fully saturated rings. The van der Waals surface area contributed by atoms with Crippen LogP contribution in [0.5, 0.6) is 0 Å². The average Bonchev–Trinajstić information content (AvgIpc) is 2.89. The number of ketones is 1. The molecule has 2 aromatic rings. The molecule has 0 saturated carbocycles. The first-order valence-corrected chi connectivity index (χ1v) is 12.7. The number of amides is 1. The number of hydrogen-bond acceptors (Lipinski definition) is 6. The summed E-state index contributed by atoms with van der Waals surface area (Å²) in [5.74, 6) is -0.522. The van der Waals surface area contributed by atoms with E-state index in [1.807, 2.05) is 56.7 Å². The SMILES string of the molecule is CC1(C)OB(c2ccc(CC(=O)Cc3ccc(CC(=O)NS(C)(=O)=O)cc3)cc2)OC1(C)C. The van der Waals surface area contributed by atoms with Crippen molar-refractivity contribution in [3.8, 4) is 0 Å². The van der Waals surface area contributed by atoms with E-state index in [2.05, 4.69) is 0 Å². The van der Waals surface area contributed by atoms with E-state index in [-0.39, 0.29) is 18.6 Å². The number of rotatable bonds is 8. The van der Waals surface area contributed by atoms with Crippen LogP contribution in [0.2, 0.25) is 0 Å². The fraction of sp³-hybridized carbons (Fsp3) is 0.417. The van der Waals surface area contributed by atoms with Crippen LogP contribution in [0.3, 0.4) is 0 Å². The van der Waals surface area contributed by atoms with E-state index in [4.69, 9.17) is 9.31 Å². The standard InChI is InChI=1S/C24H30BNO6S/c1-23(2)24(3,4)32-25(31-23)20-12-10-18(11-13-20)15-21(27)14-17-6-8-19(9-7-17)16-22(28)26-33(5,29)30/h6-13H,14-16H2,1-5H3,(H,26,28). The van der Waals surface area contributed by atoms with Crippen molar-refractivity contribution in [3.63, 3.8) is 0 Å². The number of hydrogen-bond donors (Lipinski definition) is 1. The predicted molar refractivity (Wildman–Crippen MR) is 128 cm³/mol. The molecule has 0 spiro atoms. The van der Waals surface area contributed by atoms with Crippen LogP contribution in [-0.2, 0) is 48.2 Å². The summed E-state index contributed by atoms with van der Waals surface area (Å²) in [5, 5.41) is 0. The van der Waals surface area contributed by atoms with Gasteiger partial charge in [0.2, 0.25) is 15.9 Å². The van der Waals surface area contributed by atoms with Gasteiger partial charge in [0.15, 0.2) is 0 Å². The third kappa shape index (κ3) is 6.75. The number of Topliss-reactive ketones (excluding diaryl/α,β-unsaturated/α-hetero) is 1. The average molecular weight is 471 g/mol. The summed E-state index contributed by atoms with van der Waals surface area (Å²) < 4.78 is 36.3. The van der Waals surface area contributed by atoms with Crippen molar-refractivity contribution in [3.05, 3.63) is 65.2 Å². The predicted octanol–water partition coefficient (Wildman–Crippen LogP) is 1.96. The molecule has 1 amide bonds. The van der Waals surface area contributed by atoms with Crippen LogP contribution < -0.4 is 10.2 Å². The van der Waals surface area contributed by atoms with Crippen LogP contribution in [0, 0.1) is 0 Å². The monoisotopic (exact) mass is 471 g/mol. The van der Waals surface area contributed by atoms with Crippen molar-refractivity contribution in [2.75, 3.05) is 6.26 Å². The molecule has 1 saturated heterocycles. The highest BCUT2D eigenvalue weighted by atomic mass is 32.2. The first-order valence-electron chi connectivity index (χ1n) is 10.8. The number of nitrogens with one attached hydrogen (secondary N) is 1. The quantitative estimate of drug-likeness (QED) is 0.591. The maximum Gasteiger partial charge on any atom is 0.494 e. The van der Waals surface area contributed by atoms with Gasteiger partial charge in [-0.15, -0.1) is 0 Å². The molecular weight excluding hydrogens is 441 g/mol. The summed E-state index contributed by atoms with van der Waals surface area (Å²) in [6.07, 6.45) is 1.47. The van der Waals surface area contributed by atoms with Gasteiger partial charge in [0.1, 0.15) is 5.78 Å². The molecule has 1 N–H and O–H groups in total. The van der Waals surface area contributed by atoms with Crippen LogP contribution in [-0.4, -0.2) is 44.7 Å². The Balaban J connectivity index is 1.53. The normalized spacial score (nSPS) is 17.1. The Kier molecular flexibility index (Phi) is 7.17. The van der Waals surface area contributed by atoms with Crippen molar-refractivity contribution < 1.29 is 27.3 Å². The van der Waals surface area contributed by atoms with Gasteiger partial charge in [0.25, 0.3) is 0 Å². The number of benzene rings is 2. The minimum absolute atomic E-state index is 0.0452. The van der Waals surface area contributed by atoms with E-state index in [1.54, 1.807) is 24.3 Å². The molecule has 0 unspecified atom stereocenters. The lowest BCUT2D eigenvalue weighted by Gasteiger charge is -2.32. The van der Waals surface area contributed by atoms with Crippen LogP contribution in [0.1, 0.15) is 44.4 Å². The molecule has 1 aliphatic rings. The molecule has 1 heterocycles. The van der Waals surface area contributed by atoms with E-state index in [0.29, 0.717) is 12.0 Å². The Morgan fingerprint density at radius 3 is 1.61 bits per heavy atom. The molecule has 0 aromatic heterocycles. The van der Waals surface area contributed by atoms with Crippen molar-refractivity contribution in [2.45, 2.75) is 58.2 Å². The number of sulfonamides is 1. The summed E-state index contributed by atoms with van der Waals surface area (Å²) in [5.41, 5.74) is 2.53. The van der Waals surface area contributed by atoms with Crippen molar-refractivity contribution in [1.82, 2.24) is 4.72 Å². The fourth-order valence-corrected chi connectivity index (χ4v) is 3.98. The molecule has 2 aromatic carbocycles. The summed E-state index contributed by atoms with van der Waals surface area (Å²) in [7, 11) is -4.01. The third-order valence-corrected chi connectivity index (χ3v) is 6.59. The van der Waals surface area contributed by atoms with Gasteiger partial charge < -0.3 is 9.31 Å². The molecule has 176 valence electrons. The Bertz CT molecular complexity index is 1110. The molecule has 1 aliphatic heterocycles. The van der Waals surface area contributed by atoms with Gasteiger partial charge in [-0.1, -0.05) is 48.5 Å². The van der Waals surface area contributed by atoms with Gasteiger partial charge in [-0.3, -0.25) is 14.3 Å². The van der Waals surface area contributed by atoms with E-state index in [9.17, 15) is 18.0 Å². The topological polar surface area (TPSA) is 98.8 Å². The Hall–Kier alpha value is -2.49. The molecule has 0 aliphatic carbocycles. The molecule has 0 bridgehead atoms. The highest BCUT2D eigenvalue weighted by molar-refractivity contribution is 7.89. The fourth-order valence-electron chi connectivity index (χ4n) is 3.49. The van der Waals surface area contributed by atoms with Gasteiger partial charge in [-0.05, 0) is 49.8 Å². The smallest absolute Gasteiger partial charge is 0.399 e.